The number of rotatable bonds is 2. The summed E-state index contributed by atoms with van der Waals surface area (Å²) >= 11 is 1.87. The van der Waals surface area contributed by atoms with Gasteiger partial charge in [0.25, 0.3) is 0 Å². The highest BCUT2D eigenvalue weighted by molar-refractivity contribution is 7.25. The first kappa shape index (κ1) is 17.8. The van der Waals surface area contributed by atoms with Gasteiger partial charge in [0.1, 0.15) is 0 Å². The molecule has 0 saturated carbocycles. The highest BCUT2D eigenvalue weighted by atomic mass is 32.1. The fraction of sp³-hybridized carbons (Fsp3) is 0. The molecule has 150 valence electrons. The van der Waals surface area contributed by atoms with Gasteiger partial charge in [-0.1, -0.05) is 84.9 Å². The van der Waals surface area contributed by atoms with E-state index in [1.807, 2.05) is 11.3 Å². The van der Waals surface area contributed by atoms with Gasteiger partial charge in [0.05, 0.1) is 16.7 Å². The molecular weight excluding hydrogens is 406 g/mol. The smallest absolute Gasteiger partial charge is 0.0555 e. The number of benzene rings is 5. The van der Waals surface area contributed by atoms with Crippen LogP contribution in [0, 0.1) is 0 Å². The Hall–Kier alpha value is -3.88. The Labute approximate surface area is 189 Å². The van der Waals surface area contributed by atoms with E-state index >= 15 is 0 Å². The van der Waals surface area contributed by atoms with E-state index in [0.29, 0.717) is 0 Å². The van der Waals surface area contributed by atoms with Crippen molar-refractivity contribution in [2.24, 2.45) is 0 Å². The summed E-state index contributed by atoms with van der Waals surface area (Å²) in [6, 6.07) is 41.7. The number of thiophene rings is 1. The Morgan fingerprint density at radius 3 is 2.09 bits per heavy atom. The summed E-state index contributed by atoms with van der Waals surface area (Å²) in [5.74, 6) is 0. The molecule has 0 spiro atoms. The van der Waals surface area contributed by atoms with Gasteiger partial charge in [-0.25, -0.2) is 0 Å². The Bertz CT molecular complexity index is 1770. The average Bonchev–Trinajstić information content (AvgIpc) is 3.40. The lowest BCUT2D eigenvalue weighted by Crippen LogP contribution is -1.94. The molecule has 2 heterocycles. The molecule has 0 saturated heterocycles. The third-order valence-electron chi connectivity index (χ3n) is 6.40. The molecular formula is C30H19NS. The van der Waals surface area contributed by atoms with Crippen LogP contribution in [-0.2, 0) is 0 Å². The Morgan fingerprint density at radius 2 is 1.19 bits per heavy atom. The summed E-state index contributed by atoms with van der Waals surface area (Å²) in [5, 5.41) is 5.24. The molecule has 0 radical (unpaired) electrons. The zero-order valence-electron chi connectivity index (χ0n) is 17.3. The van der Waals surface area contributed by atoms with Crippen LogP contribution in [0.2, 0.25) is 0 Å². The van der Waals surface area contributed by atoms with Gasteiger partial charge in [0.15, 0.2) is 0 Å². The molecule has 7 rings (SSSR count). The van der Waals surface area contributed by atoms with E-state index in [1.165, 1.54) is 58.8 Å². The monoisotopic (exact) mass is 425 g/mol. The second kappa shape index (κ2) is 6.81. The maximum atomic E-state index is 2.46. The third-order valence-corrected chi connectivity index (χ3v) is 7.54. The number of fused-ring (bicyclic) bond motifs is 6. The van der Waals surface area contributed by atoms with Gasteiger partial charge in [0.2, 0.25) is 0 Å². The number of nitrogens with zero attached hydrogens (tertiary/aromatic N) is 1. The van der Waals surface area contributed by atoms with Crippen LogP contribution in [0.1, 0.15) is 0 Å². The van der Waals surface area contributed by atoms with Crippen molar-refractivity contribution >= 4 is 53.3 Å². The van der Waals surface area contributed by atoms with Gasteiger partial charge < -0.3 is 4.57 Å². The van der Waals surface area contributed by atoms with Gasteiger partial charge in [-0.3, -0.25) is 0 Å². The molecule has 0 fully saturated rings. The van der Waals surface area contributed by atoms with Crippen molar-refractivity contribution in [2.45, 2.75) is 0 Å². The summed E-state index contributed by atoms with van der Waals surface area (Å²) in [7, 11) is 0. The first-order chi connectivity index (χ1) is 15.9. The second-order valence-corrected chi connectivity index (χ2v) is 9.28. The van der Waals surface area contributed by atoms with Crippen molar-refractivity contribution < 1.29 is 0 Å². The van der Waals surface area contributed by atoms with Crippen LogP contribution in [0.3, 0.4) is 0 Å². The fourth-order valence-corrected chi connectivity index (χ4v) is 6.11. The average molecular weight is 426 g/mol. The van der Waals surface area contributed by atoms with Crippen LogP contribution in [0.15, 0.2) is 115 Å². The van der Waals surface area contributed by atoms with Crippen molar-refractivity contribution in [3.63, 3.8) is 0 Å². The molecule has 2 aromatic heterocycles. The molecule has 7 aromatic rings. The standard InChI is InChI=1S/C30H19NS/c1-2-9-20(10-3-1)21-17-18-23-22-11-4-6-13-25(22)31(27(23)19-21)26-14-8-16-29-30(26)24-12-5-7-15-28(24)32-29/h1-19H. The molecule has 0 amide bonds. The topological polar surface area (TPSA) is 4.93 Å². The first-order valence-electron chi connectivity index (χ1n) is 10.9. The summed E-state index contributed by atoms with van der Waals surface area (Å²) < 4.78 is 5.12. The van der Waals surface area contributed by atoms with E-state index in [2.05, 4.69) is 120 Å². The minimum atomic E-state index is 1.24. The third kappa shape index (κ3) is 2.50. The lowest BCUT2D eigenvalue weighted by Gasteiger charge is -2.11. The molecule has 0 aliphatic rings. The molecule has 2 heteroatoms. The SMILES string of the molecule is c1ccc(-c2ccc3c4ccccc4n(-c4cccc5sc6ccccc6c45)c3c2)cc1. The lowest BCUT2D eigenvalue weighted by molar-refractivity contribution is 1.20. The van der Waals surface area contributed by atoms with Gasteiger partial charge in [-0.2, -0.15) is 0 Å². The number of para-hydroxylation sites is 1. The Balaban J connectivity index is 1.64. The quantitative estimate of drug-likeness (QED) is 0.261. The normalized spacial score (nSPS) is 11.8. The molecule has 0 N–H and O–H groups in total. The molecule has 0 bridgehead atoms. The van der Waals surface area contributed by atoms with Crippen molar-refractivity contribution in [2.75, 3.05) is 0 Å². The molecule has 1 nitrogen and oxygen atoms in total. The van der Waals surface area contributed by atoms with Crippen molar-refractivity contribution in [1.82, 2.24) is 4.57 Å². The molecule has 0 atom stereocenters. The molecule has 0 unspecified atom stereocenters. The Kier molecular flexibility index (Phi) is 3.78. The zero-order valence-corrected chi connectivity index (χ0v) is 18.1. The number of hydrogen-bond donors (Lipinski definition) is 0. The van der Waals surface area contributed by atoms with E-state index in [-0.39, 0.29) is 0 Å². The zero-order chi connectivity index (χ0) is 21.1. The van der Waals surface area contributed by atoms with E-state index in [4.69, 9.17) is 0 Å². The minimum absolute atomic E-state index is 1.24. The molecule has 5 aromatic carbocycles. The predicted molar refractivity (Wildman–Crippen MR) is 139 cm³/mol. The molecule has 0 aliphatic heterocycles. The van der Waals surface area contributed by atoms with Crippen LogP contribution in [0.4, 0.5) is 0 Å². The Morgan fingerprint density at radius 1 is 0.469 bits per heavy atom. The van der Waals surface area contributed by atoms with E-state index < -0.39 is 0 Å². The molecule has 32 heavy (non-hydrogen) atoms. The van der Waals surface area contributed by atoms with Crippen LogP contribution < -0.4 is 0 Å². The van der Waals surface area contributed by atoms with Crippen LogP contribution in [-0.4, -0.2) is 4.57 Å². The second-order valence-electron chi connectivity index (χ2n) is 8.20. The van der Waals surface area contributed by atoms with Crippen molar-refractivity contribution in [3.8, 4) is 16.8 Å². The largest absolute Gasteiger partial charge is 0.309 e. The van der Waals surface area contributed by atoms with Crippen LogP contribution in [0.25, 0.3) is 58.8 Å². The highest BCUT2D eigenvalue weighted by Gasteiger charge is 2.17. The van der Waals surface area contributed by atoms with Gasteiger partial charge in [-0.05, 0) is 41.5 Å². The van der Waals surface area contributed by atoms with E-state index in [1.54, 1.807) is 0 Å². The fourth-order valence-electron chi connectivity index (χ4n) is 4.98. The maximum Gasteiger partial charge on any atom is 0.0555 e. The van der Waals surface area contributed by atoms with Gasteiger partial charge in [-0.15, -0.1) is 11.3 Å². The molecule has 0 aliphatic carbocycles. The number of hydrogen-bond acceptors (Lipinski definition) is 1. The van der Waals surface area contributed by atoms with E-state index in [0.717, 1.165) is 0 Å². The van der Waals surface area contributed by atoms with Crippen LogP contribution >= 0.6 is 11.3 Å². The van der Waals surface area contributed by atoms with Crippen molar-refractivity contribution in [1.29, 1.82) is 0 Å². The first-order valence-corrected chi connectivity index (χ1v) is 11.7. The maximum absolute atomic E-state index is 2.46. The summed E-state index contributed by atoms with van der Waals surface area (Å²) in [5.41, 5.74) is 6.22. The predicted octanol–water partition coefficient (Wildman–Crippen LogP) is 8.82. The highest BCUT2D eigenvalue weighted by Crippen LogP contribution is 2.41. The van der Waals surface area contributed by atoms with E-state index in [9.17, 15) is 0 Å². The summed E-state index contributed by atoms with van der Waals surface area (Å²) in [6.45, 7) is 0. The summed E-state index contributed by atoms with van der Waals surface area (Å²) in [6.07, 6.45) is 0. The van der Waals surface area contributed by atoms with Crippen LogP contribution in [0.5, 0.6) is 0 Å². The number of aromatic nitrogens is 1. The van der Waals surface area contributed by atoms with Gasteiger partial charge in [0, 0.05) is 30.9 Å². The van der Waals surface area contributed by atoms with Crippen molar-refractivity contribution in [3.05, 3.63) is 115 Å². The summed E-state index contributed by atoms with van der Waals surface area (Å²) in [4.78, 5) is 0. The van der Waals surface area contributed by atoms with Gasteiger partial charge >= 0.3 is 0 Å². The minimum Gasteiger partial charge on any atom is -0.309 e. The lowest BCUT2D eigenvalue weighted by atomic mass is 10.0.